The van der Waals surface area contributed by atoms with E-state index < -0.39 is 0 Å². The maximum absolute atomic E-state index is 6.74. The van der Waals surface area contributed by atoms with Crippen molar-refractivity contribution in [3.63, 3.8) is 0 Å². The molecule has 0 atom stereocenters. The standard InChI is InChI=1S/C32H32NO.C32H32NS.C30H32N.C25H24N/c1-21-11-7-8-14-24(21)30-19-22(2)29(20-33(30)3)28-18-10-17-27-26-16-9-15-25(31(26)34-32(27)28)23-12-5-4-6-13-23;1-21-11-7-8-14-24(21)30-19-29(22(2)20-33(30)3)28-18-10-17-27-26-16-9-15-25(31(26)34-32(27)28)23-12-5-4-6-13-23;1-21-9-7-8-12-28(21)30-17-22(2)29(20-31(30)3)27-16-15-25-18-24(13-14-26(25)19-27)23-10-5-4-6-11-23;1-17-9-10-21-15-22(12-11-20(21)13-17)24-16-26(4)25(14-19(24)3)23-8-6-5-7-18(23)2/h2*7-11,14-20,23H,4-6,12-13H2,1-3H3;7-9,12-20,23H,4-6,10-11H2,1-3H3;5-16H,1-4H3/q4*+1. The number of para-hydroxylation sites is 2. The summed E-state index contributed by atoms with van der Waals surface area (Å²) in [7, 11) is 8.59. The zero-order valence-corrected chi connectivity index (χ0v) is 76.5. The van der Waals surface area contributed by atoms with E-state index in [1.165, 1.54) is 300 Å². The third-order valence-corrected chi connectivity index (χ3v) is 29.2. The van der Waals surface area contributed by atoms with Crippen LogP contribution in [-0.2, 0) is 28.2 Å². The van der Waals surface area contributed by atoms with E-state index in [1.807, 2.05) is 11.3 Å². The second kappa shape index (κ2) is 36.5. The molecule has 624 valence electrons. The fraction of sp³-hybridized carbons (Fsp3) is 0.261. The largest absolute Gasteiger partial charge is 0.455 e. The number of aryl methyl sites for hydroxylation is 13. The minimum Gasteiger partial charge on any atom is -0.455 e. The molecule has 18 aromatic rings. The van der Waals surface area contributed by atoms with Crippen LogP contribution < -0.4 is 18.3 Å². The molecule has 3 fully saturated rings. The van der Waals surface area contributed by atoms with Gasteiger partial charge < -0.3 is 4.42 Å². The Morgan fingerprint density at radius 1 is 0.248 bits per heavy atom. The van der Waals surface area contributed by atoms with Crippen molar-refractivity contribution in [3.8, 4) is 89.5 Å². The molecule has 21 rings (SSSR count). The van der Waals surface area contributed by atoms with E-state index >= 15 is 0 Å². The van der Waals surface area contributed by atoms with Gasteiger partial charge in [0.2, 0.25) is 22.8 Å². The first-order valence-corrected chi connectivity index (χ1v) is 46.9. The van der Waals surface area contributed by atoms with Gasteiger partial charge in [-0.25, -0.2) is 18.3 Å². The number of hydrogen-bond acceptors (Lipinski definition) is 2. The summed E-state index contributed by atoms with van der Waals surface area (Å²) in [6.45, 7) is 19.8. The fourth-order valence-corrected chi connectivity index (χ4v) is 22.4. The lowest BCUT2D eigenvalue weighted by molar-refractivity contribution is -0.660. The van der Waals surface area contributed by atoms with Gasteiger partial charge >= 0.3 is 0 Å². The number of thiophene rings is 1. The maximum Gasteiger partial charge on any atom is 0.213 e. The molecule has 0 amide bonds. The van der Waals surface area contributed by atoms with Crippen molar-refractivity contribution < 1.29 is 22.7 Å². The molecule has 3 aliphatic rings. The van der Waals surface area contributed by atoms with Crippen LogP contribution in [0, 0.1) is 62.3 Å². The molecule has 0 saturated heterocycles. The van der Waals surface area contributed by atoms with Crippen LogP contribution in [-0.4, -0.2) is 0 Å². The molecule has 0 unspecified atom stereocenters. The minimum atomic E-state index is 0.620. The Labute approximate surface area is 745 Å². The number of nitrogens with zero attached hydrogens (tertiary/aromatic N) is 4. The molecule has 125 heavy (non-hydrogen) atoms. The van der Waals surface area contributed by atoms with Crippen molar-refractivity contribution in [2.45, 2.75) is 176 Å². The fourth-order valence-electron chi connectivity index (χ4n) is 21.0. The predicted molar refractivity (Wildman–Crippen MR) is 529 cm³/mol. The highest BCUT2D eigenvalue weighted by Gasteiger charge is 2.28. The van der Waals surface area contributed by atoms with E-state index in [-0.39, 0.29) is 0 Å². The Hall–Kier alpha value is -12.2. The van der Waals surface area contributed by atoms with E-state index in [2.05, 4.69) is 400 Å². The van der Waals surface area contributed by atoms with E-state index in [4.69, 9.17) is 4.42 Å². The first-order chi connectivity index (χ1) is 60.9. The normalized spacial score (nSPS) is 14.0. The van der Waals surface area contributed by atoms with E-state index in [9.17, 15) is 0 Å². The van der Waals surface area contributed by atoms with Crippen LogP contribution in [0.4, 0.5) is 0 Å². The van der Waals surface area contributed by atoms with Crippen LogP contribution in [0.5, 0.6) is 0 Å². The molecule has 0 spiro atoms. The lowest BCUT2D eigenvalue weighted by Gasteiger charge is -2.22. The zero-order chi connectivity index (χ0) is 86.1. The zero-order valence-electron chi connectivity index (χ0n) is 75.7. The molecule has 0 aliphatic heterocycles. The average molecular weight is 1650 g/mol. The van der Waals surface area contributed by atoms with Crippen LogP contribution >= 0.6 is 11.3 Å². The summed E-state index contributed by atoms with van der Waals surface area (Å²) in [6.07, 6.45) is 29.4. The number of benzene rings is 12. The lowest BCUT2D eigenvalue weighted by atomic mass is 9.83. The van der Waals surface area contributed by atoms with Gasteiger partial charge in [0.25, 0.3) is 0 Å². The summed E-state index contributed by atoms with van der Waals surface area (Å²) >= 11 is 2.01. The Bertz CT molecular complexity index is 7090. The Morgan fingerprint density at radius 3 is 1.14 bits per heavy atom. The monoisotopic (exact) mass is 1650 g/mol. The van der Waals surface area contributed by atoms with Gasteiger partial charge in [-0.3, -0.25) is 0 Å². The number of furan rings is 1. The van der Waals surface area contributed by atoms with E-state index in [0.717, 1.165) is 23.0 Å². The number of hydrogen-bond donors (Lipinski definition) is 0. The van der Waals surface area contributed by atoms with Gasteiger partial charge in [0.05, 0.1) is 5.56 Å². The molecule has 6 aromatic heterocycles. The second-order valence-electron chi connectivity index (χ2n) is 36.6. The highest BCUT2D eigenvalue weighted by molar-refractivity contribution is 7.26. The molecule has 0 N–H and O–H groups in total. The SMILES string of the molecule is Cc1c[n+](C)c(-c2ccccc2C)cc1-c1cccc2c1sc1c(C3CCCCC3)cccc12.Cc1cc(-c2ccccc2C)[n+](C)cc1-c1ccc2cc(C3CCCCC3)ccc2c1.Cc1cc(-c2ccccc2C)[n+](C)cc1-c1cccc2c1oc1c(C3CCCCC3)cccc12.Cc1ccc2cc(-c3c[n+](C)c(-c4ccccc4C)cc3C)ccc2c1. The molecule has 12 aromatic carbocycles. The van der Waals surface area contributed by atoms with Gasteiger partial charge in [-0.05, 0) is 249 Å². The molecule has 0 bridgehead atoms. The van der Waals surface area contributed by atoms with Gasteiger partial charge in [-0.2, -0.15) is 0 Å². The topological polar surface area (TPSA) is 28.7 Å². The molecular formula is C119H120N4OS+4. The van der Waals surface area contributed by atoms with Gasteiger partial charge in [0.15, 0.2) is 24.8 Å². The first kappa shape index (κ1) is 83.7. The van der Waals surface area contributed by atoms with Crippen molar-refractivity contribution in [3.05, 3.63) is 358 Å². The van der Waals surface area contributed by atoms with Crippen LogP contribution in [0.2, 0.25) is 0 Å². The number of fused-ring (bicyclic) bond motifs is 8. The van der Waals surface area contributed by atoms with Gasteiger partial charge in [-0.15, -0.1) is 11.3 Å². The summed E-state index contributed by atoms with van der Waals surface area (Å²) < 4.78 is 18.7. The van der Waals surface area contributed by atoms with Crippen LogP contribution in [0.3, 0.4) is 0 Å². The molecule has 3 aliphatic carbocycles. The van der Waals surface area contributed by atoms with Crippen molar-refractivity contribution in [1.82, 2.24) is 0 Å². The lowest BCUT2D eigenvalue weighted by Crippen LogP contribution is -2.31. The highest BCUT2D eigenvalue weighted by atomic mass is 32.1. The minimum absolute atomic E-state index is 0.620. The molecule has 6 heteroatoms. The summed E-state index contributed by atoms with van der Waals surface area (Å²) in [5.74, 6) is 2.10. The Balaban J connectivity index is 0.000000114. The number of aromatic nitrogens is 4. The van der Waals surface area contributed by atoms with Gasteiger partial charge in [0, 0.05) is 105 Å². The average Bonchev–Trinajstić information content (AvgIpc) is 1.60. The van der Waals surface area contributed by atoms with E-state index in [1.54, 1.807) is 5.56 Å². The molecule has 6 heterocycles. The Kier molecular flexibility index (Phi) is 24.5. The molecular weight excluding hydrogens is 1530 g/mol. The summed E-state index contributed by atoms with van der Waals surface area (Å²) in [5, 5.41) is 10.6. The maximum atomic E-state index is 6.74. The van der Waals surface area contributed by atoms with E-state index in [0.29, 0.717) is 5.92 Å². The van der Waals surface area contributed by atoms with Crippen LogP contribution in [0.1, 0.15) is 181 Å². The summed E-state index contributed by atoms with van der Waals surface area (Å²) in [6, 6.07) is 98.6. The highest BCUT2D eigenvalue weighted by Crippen LogP contribution is 2.48. The first-order valence-electron chi connectivity index (χ1n) is 46.0. The summed E-state index contributed by atoms with van der Waals surface area (Å²) in [4.78, 5) is 0. The van der Waals surface area contributed by atoms with Crippen LogP contribution in [0.15, 0.2) is 296 Å². The molecule has 3 saturated carbocycles. The quantitative estimate of drug-likeness (QED) is 0.119. The predicted octanol–water partition coefficient (Wildman–Crippen LogP) is 30.9. The Morgan fingerprint density at radius 2 is 0.624 bits per heavy atom. The van der Waals surface area contributed by atoms with Crippen LogP contribution in [0.25, 0.3) is 153 Å². The molecule has 0 radical (unpaired) electrons. The van der Waals surface area contributed by atoms with Gasteiger partial charge in [-0.1, -0.05) is 270 Å². The molecule has 5 nitrogen and oxygen atoms in total. The number of rotatable bonds is 11. The van der Waals surface area contributed by atoms with Crippen molar-refractivity contribution in [2.24, 2.45) is 28.2 Å². The van der Waals surface area contributed by atoms with Crippen molar-refractivity contribution in [2.75, 3.05) is 0 Å². The van der Waals surface area contributed by atoms with Crippen molar-refractivity contribution >= 4 is 75.0 Å². The summed E-state index contributed by atoms with van der Waals surface area (Å²) in [5.41, 5.74) is 38.8. The smallest absolute Gasteiger partial charge is 0.213 e. The third kappa shape index (κ3) is 17.2. The number of pyridine rings is 4. The van der Waals surface area contributed by atoms with Crippen molar-refractivity contribution in [1.29, 1.82) is 0 Å². The third-order valence-electron chi connectivity index (χ3n) is 27.9. The van der Waals surface area contributed by atoms with Gasteiger partial charge in [0.1, 0.15) is 39.4 Å². The second-order valence-corrected chi connectivity index (χ2v) is 37.7.